The maximum atomic E-state index is 10.2. The Morgan fingerprint density at radius 1 is 1.16 bits per heavy atom. The number of rotatable bonds is 6. The normalized spacial score (nSPS) is 18.7. The van der Waals surface area contributed by atoms with Crippen LogP contribution in [-0.4, -0.2) is 75.3 Å². The molecule has 2 aromatic heterocycles. The zero-order valence-electron chi connectivity index (χ0n) is 15.6. The number of hydrogen-bond acceptors (Lipinski definition) is 5. The number of pyridine rings is 1. The highest BCUT2D eigenvalue weighted by Crippen LogP contribution is 2.11. The van der Waals surface area contributed by atoms with Crippen LogP contribution in [0, 0.1) is 0 Å². The van der Waals surface area contributed by atoms with Crippen molar-refractivity contribution in [1.29, 1.82) is 0 Å². The monoisotopic (exact) mass is 346 g/mol. The Balaban J connectivity index is 1.42. The molecule has 6 heteroatoms. The topological polar surface area (TPSA) is 53.2 Å². The second kappa shape index (κ2) is 7.83. The largest absolute Gasteiger partial charge is 0.389 e. The molecule has 0 aliphatic carbocycles. The van der Waals surface area contributed by atoms with Crippen molar-refractivity contribution in [2.45, 2.75) is 39.0 Å². The molecule has 1 fully saturated rings. The summed E-state index contributed by atoms with van der Waals surface area (Å²) in [4.78, 5) is 9.42. The molecular formula is C19H30N4O2. The molecule has 1 aliphatic rings. The van der Waals surface area contributed by atoms with E-state index < -0.39 is 6.10 Å². The van der Waals surface area contributed by atoms with E-state index >= 15 is 0 Å². The smallest absolute Gasteiger partial charge is 0.137 e. The van der Waals surface area contributed by atoms with E-state index in [1.807, 2.05) is 45.2 Å². The predicted octanol–water partition coefficient (Wildman–Crippen LogP) is 1.63. The lowest BCUT2D eigenvalue weighted by atomic mass is 10.2. The molecule has 6 nitrogen and oxygen atoms in total. The van der Waals surface area contributed by atoms with E-state index in [4.69, 9.17) is 4.74 Å². The van der Waals surface area contributed by atoms with Crippen LogP contribution >= 0.6 is 0 Å². The van der Waals surface area contributed by atoms with E-state index in [1.54, 1.807) is 0 Å². The van der Waals surface area contributed by atoms with Crippen molar-refractivity contribution in [2.24, 2.45) is 0 Å². The number of aliphatic hydroxyl groups excluding tert-OH is 1. The first-order valence-electron chi connectivity index (χ1n) is 9.08. The Kier molecular flexibility index (Phi) is 5.74. The Labute approximate surface area is 150 Å². The molecule has 0 saturated carbocycles. The van der Waals surface area contributed by atoms with Crippen LogP contribution in [0.15, 0.2) is 30.6 Å². The summed E-state index contributed by atoms with van der Waals surface area (Å²) in [6.45, 7) is 11.9. The Morgan fingerprint density at radius 2 is 1.88 bits per heavy atom. The zero-order valence-corrected chi connectivity index (χ0v) is 15.6. The van der Waals surface area contributed by atoms with Crippen LogP contribution in [-0.2, 0) is 11.3 Å². The van der Waals surface area contributed by atoms with Gasteiger partial charge in [-0.05, 0) is 32.9 Å². The molecule has 1 saturated heterocycles. The SMILES string of the molecule is CC(C)(C)OCC(O)CN1CCN(Cc2cn3ccccc3n2)CC1. The molecule has 3 rings (SSSR count). The van der Waals surface area contributed by atoms with Crippen LogP contribution in [0.2, 0.25) is 0 Å². The van der Waals surface area contributed by atoms with Crippen molar-refractivity contribution in [1.82, 2.24) is 19.2 Å². The molecule has 0 radical (unpaired) electrons. The molecule has 138 valence electrons. The van der Waals surface area contributed by atoms with Crippen molar-refractivity contribution >= 4 is 5.65 Å². The second-order valence-corrected chi connectivity index (χ2v) is 7.85. The minimum atomic E-state index is -0.427. The van der Waals surface area contributed by atoms with Gasteiger partial charge in [-0.1, -0.05) is 6.07 Å². The molecular weight excluding hydrogens is 316 g/mol. The molecule has 0 amide bonds. The summed E-state index contributed by atoms with van der Waals surface area (Å²) in [5, 5.41) is 10.2. The van der Waals surface area contributed by atoms with E-state index in [9.17, 15) is 5.11 Å². The third kappa shape index (κ3) is 5.51. The quantitative estimate of drug-likeness (QED) is 0.862. The average molecular weight is 346 g/mol. The number of aliphatic hydroxyl groups is 1. The Morgan fingerprint density at radius 3 is 2.56 bits per heavy atom. The molecule has 1 atom stereocenters. The molecule has 0 spiro atoms. The highest BCUT2D eigenvalue weighted by atomic mass is 16.5. The van der Waals surface area contributed by atoms with E-state index in [0.717, 1.165) is 44.1 Å². The molecule has 1 unspecified atom stereocenters. The van der Waals surface area contributed by atoms with Crippen molar-refractivity contribution in [3.63, 3.8) is 0 Å². The van der Waals surface area contributed by atoms with Gasteiger partial charge in [0.05, 0.1) is 24.0 Å². The van der Waals surface area contributed by atoms with Crippen LogP contribution < -0.4 is 0 Å². The summed E-state index contributed by atoms with van der Waals surface area (Å²) >= 11 is 0. The fraction of sp³-hybridized carbons (Fsp3) is 0.632. The van der Waals surface area contributed by atoms with E-state index in [0.29, 0.717) is 13.2 Å². The van der Waals surface area contributed by atoms with Gasteiger partial charge in [0, 0.05) is 51.7 Å². The summed E-state index contributed by atoms with van der Waals surface area (Å²) in [5.41, 5.74) is 1.91. The fourth-order valence-electron chi connectivity index (χ4n) is 3.12. The van der Waals surface area contributed by atoms with Gasteiger partial charge in [-0.3, -0.25) is 9.80 Å². The van der Waals surface area contributed by atoms with E-state index in [1.165, 1.54) is 0 Å². The molecule has 0 aromatic carbocycles. The highest BCUT2D eigenvalue weighted by Gasteiger charge is 2.21. The third-order valence-corrected chi connectivity index (χ3v) is 4.44. The number of fused-ring (bicyclic) bond motifs is 1. The van der Waals surface area contributed by atoms with Gasteiger partial charge < -0.3 is 14.2 Å². The number of β-amino-alcohol motifs (C(OH)–C–C–N with tert-alkyl or cyclic N) is 1. The summed E-state index contributed by atoms with van der Waals surface area (Å²) in [7, 11) is 0. The number of hydrogen-bond donors (Lipinski definition) is 1. The van der Waals surface area contributed by atoms with Crippen molar-refractivity contribution in [3.05, 3.63) is 36.3 Å². The Hall–Kier alpha value is -1.47. The third-order valence-electron chi connectivity index (χ3n) is 4.44. The van der Waals surface area contributed by atoms with Gasteiger partial charge in [0.15, 0.2) is 0 Å². The highest BCUT2D eigenvalue weighted by molar-refractivity contribution is 5.39. The first kappa shape index (κ1) is 18.3. The first-order valence-corrected chi connectivity index (χ1v) is 9.08. The number of piperazine rings is 1. The van der Waals surface area contributed by atoms with Gasteiger partial charge in [0.2, 0.25) is 0 Å². The average Bonchev–Trinajstić information content (AvgIpc) is 2.96. The maximum Gasteiger partial charge on any atom is 0.137 e. The van der Waals surface area contributed by atoms with Gasteiger partial charge in [-0.2, -0.15) is 0 Å². The molecule has 25 heavy (non-hydrogen) atoms. The lowest BCUT2D eigenvalue weighted by molar-refractivity contribution is -0.0587. The molecule has 3 heterocycles. The van der Waals surface area contributed by atoms with Gasteiger partial charge in [0.25, 0.3) is 0 Å². The molecule has 2 aromatic rings. The minimum Gasteiger partial charge on any atom is -0.389 e. The van der Waals surface area contributed by atoms with Crippen molar-refractivity contribution in [3.8, 4) is 0 Å². The first-order chi connectivity index (χ1) is 11.9. The number of aromatic nitrogens is 2. The van der Waals surface area contributed by atoms with Crippen LogP contribution in [0.1, 0.15) is 26.5 Å². The minimum absolute atomic E-state index is 0.201. The second-order valence-electron chi connectivity index (χ2n) is 7.85. The van der Waals surface area contributed by atoms with Crippen molar-refractivity contribution < 1.29 is 9.84 Å². The molecule has 0 bridgehead atoms. The van der Waals surface area contributed by atoms with Gasteiger partial charge in [-0.15, -0.1) is 0 Å². The van der Waals surface area contributed by atoms with E-state index in [2.05, 4.69) is 25.4 Å². The summed E-state index contributed by atoms with van der Waals surface area (Å²) < 4.78 is 7.73. The molecule has 1 aliphatic heterocycles. The van der Waals surface area contributed by atoms with Gasteiger partial charge in [-0.25, -0.2) is 4.98 Å². The lowest BCUT2D eigenvalue weighted by Gasteiger charge is -2.35. The zero-order chi connectivity index (χ0) is 17.9. The van der Waals surface area contributed by atoms with E-state index in [-0.39, 0.29) is 5.60 Å². The van der Waals surface area contributed by atoms with Gasteiger partial charge in [0.1, 0.15) is 5.65 Å². The summed E-state index contributed by atoms with van der Waals surface area (Å²) in [5.74, 6) is 0. The lowest BCUT2D eigenvalue weighted by Crippen LogP contribution is -2.49. The van der Waals surface area contributed by atoms with Gasteiger partial charge >= 0.3 is 0 Å². The summed E-state index contributed by atoms with van der Waals surface area (Å²) in [6.07, 6.45) is 3.71. The number of imidazole rings is 1. The van der Waals surface area contributed by atoms with Crippen molar-refractivity contribution in [2.75, 3.05) is 39.3 Å². The predicted molar refractivity (Wildman–Crippen MR) is 98.6 cm³/mol. The molecule has 1 N–H and O–H groups in total. The van der Waals surface area contributed by atoms with Crippen LogP contribution in [0.3, 0.4) is 0 Å². The number of ether oxygens (including phenoxy) is 1. The maximum absolute atomic E-state index is 10.2. The Bertz CT molecular complexity index is 638. The standard InChI is InChI=1S/C19H30N4O2/c1-19(2,3)25-15-17(24)14-22-10-8-21(9-11-22)12-16-13-23-7-5-4-6-18(23)20-16/h4-7,13,17,24H,8-12,14-15H2,1-3H3. The fourth-order valence-corrected chi connectivity index (χ4v) is 3.12. The van der Waals surface area contributed by atoms with Crippen LogP contribution in [0.4, 0.5) is 0 Å². The summed E-state index contributed by atoms with van der Waals surface area (Å²) in [6, 6.07) is 6.06. The van der Waals surface area contributed by atoms with Crippen LogP contribution in [0.5, 0.6) is 0 Å². The van der Waals surface area contributed by atoms with Crippen LogP contribution in [0.25, 0.3) is 5.65 Å². The number of nitrogens with zero attached hydrogens (tertiary/aromatic N) is 4.